The predicted octanol–water partition coefficient (Wildman–Crippen LogP) is 3.46. The van der Waals surface area contributed by atoms with E-state index < -0.39 is 0 Å². The second kappa shape index (κ2) is 7.43. The van der Waals surface area contributed by atoms with Crippen LogP contribution in [0.2, 0.25) is 0 Å². The van der Waals surface area contributed by atoms with Gasteiger partial charge in [0.2, 0.25) is 0 Å². The summed E-state index contributed by atoms with van der Waals surface area (Å²) in [5.74, 6) is 1.43. The summed E-state index contributed by atoms with van der Waals surface area (Å²) in [6.45, 7) is 3.24. The molecule has 0 radical (unpaired) electrons. The first-order valence-electron chi connectivity index (χ1n) is 6.68. The molecule has 5 heteroatoms. The maximum atomic E-state index is 5.90. The number of benzene rings is 1. The Morgan fingerprint density at radius 1 is 1.19 bits per heavy atom. The second-order valence-corrected chi connectivity index (χ2v) is 5.65. The number of aromatic nitrogens is 1. The molecule has 0 fully saturated rings. The van der Waals surface area contributed by atoms with Crippen LogP contribution < -0.4 is 14.8 Å². The Hall–Kier alpha value is -1.59. The standard InChI is InChI=1S/C16H19BrN2O2/c1-11-4-13(9-19-7-11)10-21-16-14(17)5-12(8-18-2)6-15(16)20-3/h4-7,9,18H,8,10H2,1-3H3. The quantitative estimate of drug-likeness (QED) is 0.866. The zero-order valence-corrected chi connectivity index (χ0v) is 14.0. The van der Waals surface area contributed by atoms with E-state index in [2.05, 4.69) is 32.3 Å². The molecule has 0 saturated heterocycles. The summed E-state index contributed by atoms with van der Waals surface area (Å²) >= 11 is 3.55. The number of nitrogens with one attached hydrogen (secondary N) is 1. The number of hydrogen-bond donors (Lipinski definition) is 1. The fourth-order valence-corrected chi connectivity index (χ4v) is 2.68. The van der Waals surface area contributed by atoms with Crippen molar-refractivity contribution in [3.8, 4) is 11.5 Å². The Kier molecular flexibility index (Phi) is 5.59. The van der Waals surface area contributed by atoms with Crippen molar-refractivity contribution in [1.82, 2.24) is 10.3 Å². The smallest absolute Gasteiger partial charge is 0.175 e. The summed E-state index contributed by atoms with van der Waals surface area (Å²) in [5, 5.41) is 3.12. The molecule has 4 nitrogen and oxygen atoms in total. The lowest BCUT2D eigenvalue weighted by Gasteiger charge is -2.14. The molecule has 0 aliphatic carbocycles. The van der Waals surface area contributed by atoms with Gasteiger partial charge in [-0.2, -0.15) is 0 Å². The van der Waals surface area contributed by atoms with E-state index in [0.29, 0.717) is 12.4 Å². The molecule has 0 unspecified atom stereocenters. The first-order valence-corrected chi connectivity index (χ1v) is 7.47. The molecule has 0 bridgehead atoms. The Morgan fingerprint density at radius 3 is 2.67 bits per heavy atom. The van der Waals surface area contributed by atoms with Crippen molar-refractivity contribution in [3.63, 3.8) is 0 Å². The van der Waals surface area contributed by atoms with Gasteiger partial charge >= 0.3 is 0 Å². The lowest BCUT2D eigenvalue weighted by atomic mass is 10.2. The minimum Gasteiger partial charge on any atom is -0.493 e. The van der Waals surface area contributed by atoms with E-state index in [9.17, 15) is 0 Å². The normalized spacial score (nSPS) is 10.5. The van der Waals surface area contributed by atoms with Gasteiger partial charge in [-0.25, -0.2) is 0 Å². The van der Waals surface area contributed by atoms with Gasteiger partial charge in [0.1, 0.15) is 6.61 Å². The van der Waals surface area contributed by atoms with Gasteiger partial charge in [0.05, 0.1) is 11.6 Å². The highest BCUT2D eigenvalue weighted by Gasteiger charge is 2.12. The molecule has 1 N–H and O–H groups in total. The molecule has 112 valence electrons. The number of rotatable bonds is 6. The highest BCUT2D eigenvalue weighted by molar-refractivity contribution is 9.10. The zero-order chi connectivity index (χ0) is 15.2. The van der Waals surface area contributed by atoms with Crippen molar-refractivity contribution < 1.29 is 9.47 Å². The van der Waals surface area contributed by atoms with Gasteiger partial charge in [0, 0.05) is 24.5 Å². The van der Waals surface area contributed by atoms with Crippen LogP contribution in [0.4, 0.5) is 0 Å². The fourth-order valence-electron chi connectivity index (χ4n) is 2.07. The van der Waals surface area contributed by atoms with Crippen LogP contribution in [0.15, 0.2) is 35.1 Å². The lowest BCUT2D eigenvalue weighted by Crippen LogP contribution is -2.06. The van der Waals surface area contributed by atoms with Crippen molar-refractivity contribution in [2.45, 2.75) is 20.1 Å². The summed E-state index contributed by atoms with van der Waals surface area (Å²) in [5.41, 5.74) is 3.28. The molecular weight excluding hydrogens is 332 g/mol. The van der Waals surface area contributed by atoms with Gasteiger partial charge in [-0.15, -0.1) is 0 Å². The highest BCUT2D eigenvalue weighted by atomic mass is 79.9. The first kappa shape index (κ1) is 15.8. The Balaban J connectivity index is 2.19. The minimum absolute atomic E-state index is 0.453. The van der Waals surface area contributed by atoms with E-state index in [-0.39, 0.29) is 0 Å². The number of methoxy groups -OCH3 is 1. The summed E-state index contributed by atoms with van der Waals surface area (Å²) in [4.78, 5) is 4.17. The molecule has 2 aromatic rings. The predicted molar refractivity (Wildman–Crippen MR) is 86.8 cm³/mol. The minimum atomic E-state index is 0.453. The lowest BCUT2D eigenvalue weighted by molar-refractivity contribution is 0.282. The van der Waals surface area contributed by atoms with Crippen LogP contribution in [0, 0.1) is 6.92 Å². The van der Waals surface area contributed by atoms with E-state index in [4.69, 9.17) is 9.47 Å². The van der Waals surface area contributed by atoms with Gasteiger partial charge in [-0.1, -0.05) is 0 Å². The van der Waals surface area contributed by atoms with Gasteiger partial charge in [-0.05, 0) is 59.2 Å². The van der Waals surface area contributed by atoms with E-state index in [1.54, 1.807) is 7.11 Å². The van der Waals surface area contributed by atoms with Gasteiger partial charge in [0.15, 0.2) is 11.5 Å². The fraction of sp³-hybridized carbons (Fsp3) is 0.312. The third-order valence-corrected chi connectivity index (χ3v) is 3.57. The van der Waals surface area contributed by atoms with Crippen LogP contribution in [0.5, 0.6) is 11.5 Å². The maximum Gasteiger partial charge on any atom is 0.175 e. The zero-order valence-electron chi connectivity index (χ0n) is 12.4. The molecule has 21 heavy (non-hydrogen) atoms. The Labute approximate surface area is 133 Å². The average molecular weight is 351 g/mol. The summed E-state index contributed by atoms with van der Waals surface area (Å²) in [7, 11) is 3.56. The molecule has 1 aromatic heterocycles. The van der Waals surface area contributed by atoms with Gasteiger partial charge in [0.25, 0.3) is 0 Å². The number of hydrogen-bond acceptors (Lipinski definition) is 4. The van der Waals surface area contributed by atoms with Crippen LogP contribution in [0.25, 0.3) is 0 Å². The molecule has 0 aliphatic heterocycles. The van der Waals surface area contributed by atoms with Crippen molar-refractivity contribution >= 4 is 15.9 Å². The number of nitrogens with zero attached hydrogens (tertiary/aromatic N) is 1. The van der Waals surface area contributed by atoms with Crippen molar-refractivity contribution in [1.29, 1.82) is 0 Å². The van der Waals surface area contributed by atoms with Crippen LogP contribution in [-0.4, -0.2) is 19.1 Å². The molecule has 0 atom stereocenters. The monoisotopic (exact) mass is 350 g/mol. The van der Waals surface area contributed by atoms with Crippen molar-refractivity contribution in [2.24, 2.45) is 0 Å². The van der Waals surface area contributed by atoms with Crippen molar-refractivity contribution in [2.75, 3.05) is 14.2 Å². The number of aryl methyl sites for hydroxylation is 1. The Morgan fingerprint density at radius 2 is 2.00 bits per heavy atom. The number of halogens is 1. The molecule has 1 aromatic carbocycles. The van der Waals surface area contributed by atoms with Gasteiger partial charge < -0.3 is 14.8 Å². The summed E-state index contributed by atoms with van der Waals surface area (Å²) in [6, 6.07) is 6.07. The SMILES string of the molecule is CNCc1cc(Br)c(OCc2cncc(C)c2)c(OC)c1. The number of pyridine rings is 1. The number of ether oxygens (including phenoxy) is 2. The molecule has 0 saturated carbocycles. The van der Waals surface area contributed by atoms with E-state index in [0.717, 1.165) is 33.5 Å². The van der Waals surface area contributed by atoms with Crippen LogP contribution >= 0.6 is 15.9 Å². The summed E-state index contributed by atoms with van der Waals surface area (Å²) < 4.78 is 12.2. The van der Waals surface area contributed by atoms with Gasteiger partial charge in [-0.3, -0.25) is 4.98 Å². The first-order chi connectivity index (χ1) is 10.1. The maximum absolute atomic E-state index is 5.90. The molecule has 0 spiro atoms. The third kappa shape index (κ3) is 4.19. The van der Waals surface area contributed by atoms with Crippen LogP contribution in [0.3, 0.4) is 0 Å². The average Bonchev–Trinajstić information content (AvgIpc) is 2.46. The van der Waals surface area contributed by atoms with E-state index >= 15 is 0 Å². The van der Waals surface area contributed by atoms with Crippen LogP contribution in [-0.2, 0) is 13.2 Å². The second-order valence-electron chi connectivity index (χ2n) is 4.80. The van der Waals surface area contributed by atoms with E-state index in [1.807, 2.05) is 38.5 Å². The highest BCUT2D eigenvalue weighted by Crippen LogP contribution is 2.37. The largest absolute Gasteiger partial charge is 0.493 e. The third-order valence-electron chi connectivity index (χ3n) is 2.98. The van der Waals surface area contributed by atoms with Crippen LogP contribution in [0.1, 0.15) is 16.7 Å². The van der Waals surface area contributed by atoms with E-state index in [1.165, 1.54) is 0 Å². The Bertz CT molecular complexity index is 617. The topological polar surface area (TPSA) is 43.4 Å². The molecule has 2 rings (SSSR count). The van der Waals surface area contributed by atoms with Crippen molar-refractivity contribution in [3.05, 3.63) is 51.8 Å². The molecule has 0 amide bonds. The molecular formula is C16H19BrN2O2. The molecule has 0 aliphatic rings. The molecule has 1 heterocycles. The summed E-state index contributed by atoms with van der Waals surface area (Å²) in [6.07, 6.45) is 3.63.